The fourth-order valence-electron chi connectivity index (χ4n) is 1.81. The van der Waals surface area contributed by atoms with Gasteiger partial charge in [-0.25, -0.2) is 9.97 Å². The van der Waals surface area contributed by atoms with E-state index in [1.54, 1.807) is 6.20 Å². The molecule has 2 aromatic heterocycles. The summed E-state index contributed by atoms with van der Waals surface area (Å²) >= 11 is 2.63. The highest BCUT2D eigenvalue weighted by atomic mass is 32.2. The maximum Gasteiger partial charge on any atom is 0.236 e. The lowest BCUT2D eigenvalue weighted by Crippen LogP contribution is -2.14. The van der Waals surface area contributed by atoms with Gasteiger partial charge in [0.05, 0.1) is 11.4 Å². The summed E-state index contributed by atoms with van der Waals surface area (Å²) in [5.74, 6) is 0.0662. The predicted octanol–water partition coefficient (Wildman–Crippen LogP) is 3.03. The van der Waals surface area contributed by atoms with Gasteiger partial charge in [-0.1, -0.05) is 53.4 Å². The second-order valence-corrected chi connectivity index (χ2v) is 6.68. The van der Waals surface area contributed by atoms with Crippen molar-refractivity contribution in [1.82, 2.24) is 20.2 Å². The number of thioether (sulfide) groups is 1. The fourth-order valence-corrected chi connectivity index (χ4v) is 3.05. The van der Waals surface area contributed by atoms with Crippen LogP contribution in [0.4, 0.5) is 5.13 Å². The molecule has 1 amide bonds. The molecular formula is C15H13N5OS2. The van der Waals surface area contributed by atoms with Gasteiger partial charge in [0, 0.05) is 11.8 Å². The monoisotopic (exact) mass is 343 g/mol. The minimum Gasteiger partial charge on any atom is -0.300 e. The third-order valence-electron chi connectivity index (χ3n) is 2.81. The molecule has 0 radical (unpaired) electrons. The average molecular weight is 343 g/mol. The van der Waals surface area contributed by atoms with Gasteiger partial charge < -0.3 is 0 Å². The van der Waals surface area contributed by atoms with Crippen molar-refractivity contribution in [2.45, 2.75) is 12.1 Å². The zero-order valence-corrected chi connectivity index (χ0v) is 13.9. The topological polar surface area (TPSA) is 80.7 Å². The molecule has 0 aliphatic carbocycles. The Balaban J connectivity index is 1.61. The summed E-state index contributed by atoms with van der Waals surface area (Å²) in [6.45, 7) is 1.84. The van der Waals surface area contributed by atoms with Gasteiger partial charge in [0.1, 0.15) is 5.01 Å². The van der Waals surface area contributed by atoms with Gasteiger partial charge in [-0.05, 0) is 13.0 Å². The summed E-state index contributed by atoms with van der Waals surface area (Å²) in [7, 11) is 0. The van der Waals surface area contributed by atoms with Crippen molar-refractivity contribution < 1.29 is 4.79 Å². The molecule has 0 bridgehead atoms. The van der Waals surface area contributed by atoms with Crippen molar-refractivity contribution in [3.05, 3.63) is 47.6 Å². The molecule has 0 aliphatic heterocycles. The van der Waals surface area contributed by atoms with Crippen LogP contribution in [0.5, 0.6) is 0 Å². The predicted molar refractivity (Wildman–Crippen MR) is 91.5 cm³/mol. The van der Waals surface area contributed by atoms with Crippen LogP contribution >= 0.6 is 23.1 Å². The van der Waals surface area contributed by atoms with Crippen LogP contribution in [-0.2, 0) is 4.79 Å². The number of hydrogen-bond donors (Lipinski definition) is 1. The number of rotatable bonds is 5. The molecule has 0 spiro atoms. The van der Waals surface area contributed by atoms with Crippen LogP contribution in [0.25, 0.3) is 11.3 Å². The van der Waals surface area contributed by atoms with Crippen molar-refractivity contribution >= 4 is 34.1 Å². The lowest BCUT2D eigenvalue weighted by Gasteiger charge is -2.03. The maximum absolute atomic E-state index is 11.9. The van der Waals surface area contributed by atoms with E-state index in [1.165, 1.54) is 23.1 Å². The number of nitrogens with zero attached hydrogens (tertiary/aromatic N) is 4. The van der Waals surface area contributed by atoms with Crippen molar-refractivity contribution in [2.75, 3.05) is 11.1 Å². The van der Waals surface area contributed by atoms with E-state index in [0.717, 1.165) is 16.3 Å². The van der Waals surface area contributed by atoms with Crippen LogP contribution < -0.4 is 5.32 Å². The first-order valence-electron chi connectivity index (χ1n) is 6.82. The van der Waals surface area contributed by atoms with Crippen molar-refractivity contribution in [3.8, 4) is 11.3 Å². The lowest BCUT2D eigenvalue weighted by atomic mass is 10.1. The maximum atomic E-state index is 11.9. The molecule has 2 heterocycles. The zero-order chi connectivity index (χ0) is 16.1. The minimum atomic E-state index is -0.153. The molecule has 6 nitrogen and oxygen atoms in total. The summed E-state index contributed by atoms with van der Waals surface area (Å²) in [5, 5.41) is 12.3. The SMILES string of the molecule is Cc1nnc(NC(=O)CSc2nccc(-c3ccccc3)n2)s1. The van der Waals surface area contributed by atoms with E-state index in [9.17, 15) is 4.79 Å². The summed E-state index contributed by atoms with van der Waals surface area (Å²) in [6.07, 6.45) is 1.70. The quantitative estimate of drug-likeness (QED) is 0.566. The number of carbonyl (C=O) groups is 1. The number of aryl methyl sites for hydroxylation is 1. The summed E-state index contributed by atoms with van der Waals surface area (Å²) in [5.41, 5.74) is 1.86. The second kappa shape index (κ2) is 7.30. The van der Waals surface area contributed by atoms with E-state index in [2.05, 4.69) is 25.5 Å². The Hall–Kier alpha value is -2.32. The number of carbonyl (C=O) groups excluding carboxylic acids is 1. The Morgan fingerprint density at radius 2 is 2.04 bits per heavy atom. The molecular weight excluding hydrogens is 330 g/mol. The first kappa shape index (κ1) is 15.6. The number of benzene rings is 1. The Bertz CT molecular complexity index is 806. The van der Waals surface area contributed by atoms with Gasteiger partial charge in [0.25, 0.3) is 0 Å². The number of aromatic nitrogens is 4. The molecule has 23 heavy (non-hydrogen) atoms. The van der Waals surface area contributed by atoms with Crippen molar-refractivity contribution in [1.29, 1.82) is 0 Å². The highest BCUT2D eigenvalue weighted by molar-refractivity contribution is 7.99. The summed E-state index contributed by atoms with van der Waals surface area (Å²) < 4.78 is 0. The molecule has 1 aromatic carbocycles. The Morgan fingerprint density at radius 1 is 1.22 bits per heavy atom. The van der Waals surface area contributed by atoms with Crippen LogP contribution in [0.15, 0.2) is 47.8 Å². The second-order valence-electron chi connectivity index (χ2n) is 4.55. The van der Waals surface area contributed by atoms with Crippen LogP contribution in [0.2, 0.25) is 0 Å². The Morgan fingerprint density at radius 3 is 2.78 bits per heavy atom. The molecule has 0 fully saturated rings. The van der Waals surface area contributed by atoms with Gasteiger partial charge in [-0.3, -0.25) is 10.1 Å². The molecule has 0 saturated heterocycles. The van der Waals surface area contributed by atoms with E-state index < -0.39 is 0 Å². The average Bonchev–Trinajstić information content (AvgIpc) is 2.99. The largest absolute Gasteiger partial charge is 0.300 e. The first-order chi connectivity index (χ1) is 11.2. The molecule has 3 aromatic rings. The normalized spacial score (nSPS) is 10.5. The molecule has 1 N–H and O–H groups in total. The third kappa shape index (κ3) is 4.33. The van der Waals surface area contributed by atoms with E-state index in [-0.39, 0.29) is 11.7 Å². The van der Waals surface area contributed by atoms with E-state index in [1.807, 2.05) is 43.3 Å². The fraction of sp³-hybridized carbons (Fsp3) is 0.133. The molecule has 0 atom stereocenters. The number of hydrogen-bond acceptors (Lipinski definition) is 7. The molecule has 0 aliphatic rings. The number of nitrogens with one attached hydrogen (secondary N) is 1. The van der Waals surface area contributed by atoms with Crippen LogP contribution in [0, 0.1) is 6.92 Å². The van der Waals surface area contributed by atoms with Gasteiger partial charge >= 0.3 is 0 Å². The van der Waals surface area contributed by atoms with Gasteiger partial charge in [0.2, 0.25) is 11.0 Å². The zero-order valence-electron chi connectivity index (χ0n) is 12.3. The standard InChI is InChI=1S/C15H13N5OS2/c1-10-19-20-15(23-10)18-13(21)9-22-14-16-8-7-12(17-14)11-5-3-2-4-6-11/h2-8H,9H2,1H3,(H,18,20,21). The van der Waals surface area contributed by atoms with Gasteiger partial charge in [0.15, 0.2) is 5.16 Å². The number of amides is 1. The first-order valence-corrected chi connectivity index (χ1v) is 8.62. The Kier molecular flexibility index (Phi) is 4.94. The van der Waals surface area contributed by atoms with Crippen LogP contribution in [0.3, 0.4) is 0 Å². The summed E-state index contributed by atoms with van der Waals surface area (Å²) in [6, 6.07) is 11.7. The van der Waals surface area contributed by atoms with Gasteiger partial charge in [-0.15, -0.1) is 10.2 Å². The molecule has 0 saturated carbocycles. The molecule has 8 heteroatoms. The molecule has 3 rings (SSSR count). The van der Waals surface area contributed by atoms with Crippen molar-refractivity contribution in [2.24, 2.45) is 0 Å². The Labute approximate surface area is 141 Å². The number of anilines is 1. The minimum absolute atomic E-state index is 0.153. The van der Waals surface area contributed by atoms with E-state index >= 15 is 0 Å². The highest BCUT2D eigenvalue weighted by Crippen LogP contribution is 2.20. The molecule has 0 unspecified atom stereocenters. The summed E-state index contributed by atoms with van der Waals surface area (Å²) in [4.78, 5) is 20.6. The third-order valence-corrected chi connectivity index (χ3v) is 4.42. The lowest BCUT2D eigenvalue weighted by molar-refractivity contribution is -0.113. The van der Waals surface area contributed by atoms with E-state index in [4.69, 9.17) is 0 Å². The molecule has 116 valence electrons. The van der Waals surface area contributed by atoms with E-state index in [0.29, 0.717) is 10.3 Å². The van der Waals surface area contributed by atoms with Gasteiger partial charge in [-0.2, -0.15) is 0 Å². The smallest absolute Gasteiger partial charge is 0.236 e. The van der Waals surface area contributed by atoms with Crippen molar-refractivity contribution in [3.63, 3.8) is 0 Å². The van der Waals surface area contributed by atoms with Crippen LogP contribution in [-0.4, -0.2) is 31.8 Å². The van der Waals surface area contributed by atoms with Crippen LogP contribution in [0.1, 0.15) is 5.01 Å². The highest BCUT2D eigenvalue weighted by Gasteiger charge is 2.09.